The smallest absolute Gasteiger partial charge is 0.169 e. The monoisotopic (exact) mass is 285 g/mol. The average molecular weight is 287 g/mol. The quantitative estimate of drug-likeness (QED) is 0.909. The molecule has 0 aliphatic heterocycles. The van der Waals surface area contributed by atoms with E-state index >= 15 is 0 Å². The topological polar surface area (TPSA) is 25.2 Å². The molecule has 0 atom stereocenters. The van der Waals surface area contributed by atoms with Crippen LogP contribution in [0.1, 0.15) is 5.76 Å². The molecular formula is C11H9BrClNO. The fraction of sp³-hybridized carbons (Fsp3) is 0.0909. The van der Waals surface area contributed by atoms with E-state index in [2.05, 4.69) is 21.2 Å². The van der Waals surface area contributed by atoms with E-state index in [4.69, 9.17) is 16.0 Å². The third-order valence-corrected chi connectivity index (χ3v) is 2.62. The molecule has 0 saturated heterocycles. The van der Waals surface area contributed by atoms with Gasteiger partial charge in [-0.1, -0.05) is 11.6 Å². The number of nitrogens with one attached hydrogen (secondary N) is 1. The van der Waals surface area contributed by atoms with Crippen LogP contribution in [0.25, 0.3) is 0 Å². The molecule has 0 radical (unpaired) electrons. The third-order valence-electron chi connectivity index (χ3n) is 1.94. The summed E-state index contributed by atoms with van der Waals surface area (Å²) in [6.45, 7) is 0.660. The number of rotatable bonds is 3. The summed E-state index contributed by atoms with van der Waals surface area (Å²) in [5.41, 5.74) is 1.02. The maximum Gasteiger partial charge on any atom is 0.169 e. The van der Waals surface area contributed by atoms with Gasteiger partial charge in [-0.2, -0.15) is 0 Å². The second-order valence-corrected chi connectivity index (χ2v) is 4.28. The van der Waals surface area contributed by atoms with Gasteiger partial charge in [-0.15, -0.1) is 0 Å². The van der Waals surface area contributed by atoms with E-state index in [1.807, 2.05) is 36.4 Å². The van der Waals surface area contributed by atoms with Crippen LogP contribution in [-0.4, -0.2) is 0 Å². The standard InChI is InChI=1S/C11H9BrClNO/c12-11-6-5-10(15-11)7-14-9-3-1-8(13)2-4-9/h1-6,14H,7H2. The Balaban J connectivity index is 1.96. The van der Waals surface area contributed by atoms with Crippen molar-refractivity contribution in [2.24, 2.45) is 0 Å². The fourth-order valence-corrected chi connectivity index (χ4v) is 1.67. The average Bonchev–Trinajstić information content (AvgIpc) is 2.64. The maximum atomic E-state index is 5.78. The zero-order valence-electron chi connectivity index (χ0n) is 7.84. The number of hydrogen-bond donors (Lipinski definition) is 1. The van der Waals surface area contributed by atoms with Crippen molar-refractivity contribution in [3.8, 4) is 0 Å². The highest BCUT2D eigenvalue weighted by Crippen LogP contribution is 2.17. The van der Waals surface area contributed by atoms with Crippen LogP contribution in [0, 0.1) is 0 Å². The molecule has 0 aliphatic rings. The third kappa shape index (κ3) is 3.01. The van der Waals surface area contributed by atoms with Crippen molar-refractivity contribution in [1.29, 1.82) is 0 Å². The molecule has 2 aromatic rings. The molecular weight excluding hydrogens is 277 g/mol. The highest BCUT2D eigenvalue weighted by molar-refractivity contribution is 9.10. The highest BCUT2D eigenvalue weighted by atomic mass is 79.9. The molecule has 2 rings (SSSR count). The molecule has 1 N–H and O–H groups in total. The summed E-state index contributed by atoms with van der Waals surface area (Å²) >= 11 is 9.04. The van der Waals surface area contributed by atoms with E-state index in [0.717, 1.165) is 21.1 Å². The molecule has 0 spiro atoms. The first-order chi connectivity index (χ1) is 7.24. The lowest BCUT2D eigenvalue weighted by atomic mass is 10.3. The van der Waals surface area contributed by atoms with Crippen molar-refractivity contribution < 1.29 is 4.42 Å². The van der Waals surface area contributed by atoms with E-state index in [-0.39, 0.29) is 0 Å². The lowest BCUT2D eigenvalue weighted by molar-refractivity contribution is 0.495. The molecule has 1 heterocycles. The summed E-state index contributed by atoms with van der Waals surface area (Å²) in [6.07, 6.45) is 0. The van der Waals surface area contributed by atoms with E-state index in [9.17, 15) is 0 Å². The zero-order valence-corrected chi connectivity index (χ0v) is 10.2. The zero-order chi connectivity index (χ0) is 10.7. The summed E-state index contributed by atoms with van der Waals surface area (Å²) in [4.78, 5) is 0. The molecule has 0 fully saturated rings. The molecule has 2 nitrogen and oxygen atoms in total. The number of furan rings is 1. The van der Waals surface area contributed by atoms with Crippen LogP contribution in [0.5, 0.6) is 0 Å². The van der Waals surface area contributed by atoms with Crippen LogP contribution in [-0.2, 0) is 6.54 Å². The van der Waals surface area contributed by atoms with Crippen LogP contribution in [0.2, 0.25) is 5.02 Å². The Kier molecular flexibility index (Phi) is 3.34. The number of hydrogen-bond acceptors (Lipinski definition) is 2. The fourth-order valence-electron chi connectivity index (χ4n) is 1.20. The molecule has 78 valence electrons. The van der Waals surface area contributed by atoms with Crippen molar-refractivity contribution in [2.45, 2.75) is 6.54 Å². The Morgan fingerprint density at radius 3 is 2.47 bits per heavy atom. The molecule has 0 unspecified atom stereocenters. The highest BCUT2D eigenvalue weighted by Gasteiger charge is 1.98. The van der Waals surface area contributed by atoms with Gasteiger partial charge < -0.3 is 9.73 Å². The Bertz CT molecular complexity index is 438. The minimum absolute atomic E-state index is 0.660. The first-order valence-electron chi connectivity index (χ1n) is 4.48. The van der Waals surface area contributed by atoms with Gasteiger partial charge in [0.05, 0.1) is 6.54 Å². The van der Waals surface area contributed by atoms with Gasteiger partial charge in [0.15, 0.2) is 4.67 Å². The Hall–Kier alpha value is -0.930. The predicted molar refractivity (Wildman–Crippen MR) is 65.2 cm³/mol. The SMILES string of the molecule is Clc1ccc(NCc2ccc(Br)o2)cc1. The molecule has 4 heteroatoms. The van der Waals surface area contributed by atoms with E-state index in [1.165, 1.54) is 0 Å². The van der Waals surface area contributed by atoms with Crippen molar-refractivity contribution in [3.63, 3.8) is 0 Å². The maximum absolute atomic E-state index is 5.78. The van der Waals surface area contributed by atoms with Gasteiger partial charge in [0.1, 0.15) is 5.76 Å². The van der Waals surface area contributed by atoms with Crippen LogP contribution < -0.4 is 5.32 Å². The predicted octanol–water partition coefficient (Wildman–Crippen LogP) is 4.31. The van der Waals surface area contributed by atoms with Gasteiger partial charge in [-0.05, 0) is 52.3 Å². The molecule has 15 heavy (non-hydrogen) atoms. The molecule has 0 saturated carbocycles. The Morgan fingerprint density at radius 1 is 1.13 bits per heavy atom. The minimum atomic E-state index is 0.660. The van der Waals surface area contributed by atoms with Gasteiger partial charge in [0.25, 0.3) is 0 Å². The summed E-state index contributed by atoms with van der Waals surface area (Å²) in [5.74, 6) is 0.886. The van der Waals surface area contributed by atoms with Gasteiger partial charge in [0.2, 0.25) is 0 Å². The summed E-state index contributed by atoms with van der Waals surface area (Å²) in [5, 5.41) is 3.97. The van der Waals surface area contributed by atoms with E-state index in [0.29, 0.717) is 6.54 Å². The first kappa shape index (κ1) is 10.6. The Labute approximate surface area is 101 Å². The number of benzene rings is 1. The molecule has 1 aromatic heterocycles. The summed E-state index contributed by atoms with van der Waals surface area (Å²) in [6, 6.07) is 11.4. The normalized spacial score (nSPS) is 10.3. The van der Waals surface area contributed by atoms with Crippen LogP contribution >= 0.6 is 27.5 Å². The molecule has 0 amide bonds. The Morgan fingerprint density at radius 2 is 1.87 bits per heavy atom. The van der Waals surface area contributed by atoms with Crippen LogP contribution in [0.3, 0.4) is 0 Å². The second kappa shape index (κ2) is 4.73. The second-order valence-electron chi connectivity index (χ2n) is 3.07. The largest absolute Gasteiger partial charge is 0.452 e. The summed E-state index contributed by atoms with van der Waals surface area (Å²) < 4.78 is 6.10. The summed E-state index contributed by atoms with van der Waals surface area (Å²) in [7, 11) is 0. The van der Waals surface area contributed by atoms with E-state index < -0.39 is 0 Å². The lowest BCUT2D eigenvalue weighted by Crippen LogP contribution is -1.97. The molecule has 1 aromatic carbocycles. The molecule has 0 aliphatic carbocycles. The van der Waals surface area contributed by atoms with Crippen molar-refractivity contribution >= 4 is 33.2 Å². The first-order valence-corrected chi connectivity index (χ1v) is 5.65. The van der Waals surface area contributed by atoms with E-state index in [1.54, 1.807) is 0 Å². The van der Waals surface area contributed by atoms with Gasteiger partial charge in [-0.3, -0.25) is 0 Å². The number of halogens is 2. The van der Waals surface area contributed by atoms with Gasteiger partial charge >= 0.3 is 0 Å². The molecule has 0 bridgehead atoms. The lowest BCUT2D eigenvalue weighted by Gasteiger charge is -2.03. The van der Waals surface area contributed by atoms with Crippen molar-refractivity contribution in [2.75, 3.05) is 5.32 Å². The van der Waals surface area contributed by atoms with Crippen molar-refractivity contribution in [3.05, 3.63) is 51.9 Å². The van der Waals surface area contributed by atoms with Gasteiger partial charge in [0, 0.05) is 10.7 Å². The van der Waals surface area contributed by atoms with Crippen LogP contribution in [0.15, 0.2) is 45.5 Å². The van der Waals surface area contributed by atoms with Crippen molar-refractivity contribution in [1.82, 2.24) is 0 Å². The van der Waals surface area contributed by atoms with Gasteiger partial charge in [-0.25, -0.2) is 0 Å². The number of anilines is 1. The van der Waals surface area contributed by atoms with Crippen LogP contribution in [0.4, 0.5) is 5.69 Å². The minimum Gasteiger partial charge on any atom is -0.452 e.